The first-order valence-corrected chi connectivity index (χ1v) is 8.03. The second kappa shape index (κ2) is 10.2. The van der Waals surface area contributed by atoms with Crippen molar-refractivity contribution >= 4 is 5.96 Å². The summed E-state index contributed by atoms with van der Waals surface area (Å²) in [6.07, 6.45) is 2.28. The van der Waals surface area contributed by atoms with Gasteiger partial charge in [-0.3, -0.25) is 4.90 Å². The average molecular weight is 290 g/mol. The topological polar surface area (TPSA) is 53.6 Å². The summed E-state index contributed by atoms with van der Waals surface area (Å²) in [6, 6.07) is 8.65. The first kappa shape index (κ1) is 17.5. The predicted molar refractivity (Wildman–Crippen MR) is 91.3 cm³/mol. The largest absolute Gasteiger partial charge is 0.370 e. The van der Waals surface area contributed by atoms with Crippen LogP contribution in [-0.4, -0.2) is 30.5 Å². The van der Waals surface area contributed by atoms with E-state index in [2.05, 4.69) is 60.2 Å². The molecule has 0 aliphatic carbocycles. The van der Waals surface area contributed by atoms with Crippen molar-refractivity contribution in [3.8, 4) is 0 Å². The van der Waals surface area contributed by atoms with Crippen molar-refractivity contribution in [3.05, 3.63) is 35.4 Å². The lowest BCUT2D eigenvalue weighted by Gasteiger charge is -2.17. The maximum absolute atomic E-state index is 5.83. The molecule has 0 atom stereocenters. The summed E-state index contributed by atoms with van der Waals surface area (Å²) in [5, 5.41) is 3.13. The molecule has 0 saturated heterocycles. The molecule has 4 heteroatoms. The summed E-state index contributed by atoms with van der Waals surface area (Å²) >= 11 is 0. The average Bonchev–Trinajstić information content (AvgIpc) is 2.52. The zero-order valence-corrected chi connectivity index (χ0v) is 13.7. The van der Waals surface area contributed by atoms with Crippen LogP contribution in [0.2, 0.25) is 0 Å². The van der Waals surface area contributed by atoms with E-state index >= 15 is 0 Å². The molecule has 0 unspecified atom stereocenters. The van der Waals surface area contributed by atoms with E-state index in [0.717, 1.165) is 39.0 Å². The standard InChI is InChI=1S/C17H30N4/c1-4-7-12-19-17(18)20-13-15-8-10-16(11-9-15)14-21(5-2)6-3/h8-11H,4-7,12-14H2,1-3H3,(H3,18,19,20). The lowest BCUT2D eigenvalue weighted by Crippen LogP contribution is -2.32. The number of hydrogen-bond acceptors (Lipinski definition) is 2. The van der Waals surface area contributed by atoms with Gasteiger partial charge in [0, 0.05) is 13.1 Å². The summed E-state index contributed by atoms with van der Waals surface area (Å²) in [6.45, 7) is 11.3. The van der Waals surface area contributed by atoms with E-state index < -0.39 is 0 Å². The van der Waals surface area contributed by atoms with Crippen molar-refractivity contribution in [3.63, 3.8) is 0 Å². The highest BCUT2D eigenvalue weighted by Crippen LogP contribution is 2.08. The third kappa shape index (κ3) is 7.14. The molecule has 21 heavy (non-hydrogen) atoms. The van der Waals surface area contributed by atoms with Gasteiger partial charge in [-0.15, -0.1) is 0 Å². The minimum Gasteiger partial charge on any atom is -0.370 e. The maximum atomic E-state index is 5.83. The Morgan fingerprint density at radius 2 is 1.71 bits per heavy atom. The normalized spacial score (nSPS) is 11.9. The van der Waals surface area contributed by atoms with Gasteiger partial charge in [0.1, 0.15) is 0 Å². The van der Waals surface area contributed by atoms with Crippen molar-refractivity contribution in [1.82, 2.24) is 10.2 Å². The first-order valence-electron chi connectivity index (χ1n) is 8.03. The number of guanidine groups is 1. The van der Waals surface area contributed by atoms with Crippen molar-refractivity contribution in [2.24, 2.45) is 10.7 Å². The molecule has 0 aliphatic heterocycles. The van der Waals surface area contributed by atoms with E-state index in [1.54, 1.807) is 0 Å². The molecule has 0 heterocycles. The maximum Gasteiger partial charge on any atom is 0.188 e. The molecule has 0 aliphatic rings. The second-order valence-corrected chi connectivity index (χ2v) is 5.26. The molecule has 3 N–H and O–H groups in total. The fourth-order valence-electron chi connectivity index (χ4n) is 2.08. The van der Waals surface area contributed by atoms with Crippen LogP contribution in [0.4, 0.5) is 0 Å². The number of unbranched alkanes of at least 4 members (excludes halogenated alkanes) is 1. The number of nitrogens with one attached hydrogen (secondary N) is 1. The Hall–Kier alpha value is -1.55. The molecule has 118 valence electrons. The third-order valence-corrected chi connectivity index (χ3v) is 3.59. The quantitative estimate of drug-likeness (QED) is 0.418. The van der Waals surface area contributed by atoms with Gasteiger partial charge < -0.3 is 11.1 Å². The van der Waals surface area contributed by atoms with Crippen LogP contribution in [-0.2, 0) is 13.1 Å². The highest BCUT2D eigenvalue weighted by Gasteiger charge is 2.01. The van der Waals surface area contributed by atoms with Crippen LogP contribution in [0.1, 0.15) is 44.7 Å². The Morgan fingerprint density at radius 1 is 1.10 bits per heavy atom. The van der Waals surface area contributed by atoms with E-state index in [4.69, 9.17) is 5.73 Å². The summed E-state index contributed by atoms with van der Waals surface area (Å²) < 4.78 is 0. The van der Waals surface area contributed by atoms with Crippen LogP contribution in [0.25, 0.3) is 0 Å². The molecular weight excluding hydrogens is 260 g/mol. The monoisotopic (exact) mass is 290 g/mol. The Bertz CT molecular complexity index is 407. The minimum absolute atomic E-state index is 0.538. The third-order valence-electron chi connectivity index (χ3n) is 3.59. The number of aliphatic imine (C=N–C) groups is 1. The summed E-state index contributed by atoms with van der Waals surface area (Å²) in [5.41, 5.74) is 8.37. The molecule has 0 spiro atoms. The SMILES string of the molecule is CCCCNC(N)=NCc1ccc(CN(CC)CC)cc1. The molecule has 4 nitrogen and oxygen atoms in total. The molecule has 0 radical (unpaired) electrons. The highest BCUT2D eigenvalue weighted by molar-refractivity contribution is 5.77. The van der Waals surface area contributed by atoms with Crippen LogP contribution in [0, 0.1) is 0 Å². The van der Waals surface area contributed by atoms with Gasteiger partial charge in [0.15, 0.2) is 5.96 Å². The summed E-state index contributed by atoms with van der Waals surface area (Å²) in [5.74, 6) is 0.538. The molecule has 0 amide bonds. The second-order valence-electron chi connectivity index (χ2n) is 5.26. The highest BCUT2D eigenvalue weighted by atomic mass is 15.1. The smallest absolute Gasteiger partial charge is 0.188 e. The zero-order chi connectivity index (χ0) is 15.5. The van der Waals surface area contributed by atoms with Gasteiger partial charge in [-0.2, -0.15) is 0 Å². The van der Waals surface area contributed by atoms with E-state index in [1.165, 1.54) is 11.1 Å². The first-order chi connectivity index (χ1) is 10.2. The van der Waals surface area contributed by atoms with Crippen LogP contribution >= 0.6 is 0 Å². The number of hydrogen-bond donors (Lipinski definition) is 2. The molecule has 0 fully saturated rings. The van der Waals surface area contributed by atoms with E-state index in [0.29, 0.717) is 12.5 Å². The number of benzene rings is 1. The Morgan fingerprint density at radius 3 is 2.29 bits per heavy atom. The Kier molecular flexibility index (Phi) is 8.51. The van der Waals surface area contributed by atoms with Gasteiger partial charge in [0.25, 0.3) is 0 Å². The molecule has 1 rings (SSSR count). The Labute approximate surface area is 129 Å². The van der Waals surface area contributed by atoms with E-state index in [1.807, 2.05) is 0 Å². The lowest BCUT2D eigenvalue weighted by molar-refractivity contribution is 0.296. The van der Waals surface area contributed by atoms with Gasteiger partial charge in [0.2, 0.25) is 0 Å². The summed E-state index contributed by atoms with van der Waals surface area (Å²) in [4.78, 5) is 6.77. The molecule has 0 aromatic heterocycles. The lowest BCUT2D eigenvalue weighted by atomic mass is 10.1. The fourth-order valence-corrected chi connectivity index (χ4v) is 2.08. The molecule has 1 aromatic carbocycles. The molecule has 1 aromatic rings. The van der Waals surface area contributed by atoms with Crippen molar-refractivity contribution in [1.29, 1.82) is 0 Å². The number of nitrogens with two attached hydrogens (primary N) is 1. The van der Waals surface area contributed by atoms with Crippen LogP contribution in [0.15, 0.2) is 29.3 Å². The van der Waals surface area contributed by atoms with E-state index in [9.17, 15) is 0 Å². The Balaban J connectivity index is 2.45. The minimum atomic E-state index is 0.538. The van der Waals surface area contributed by atoms with Gasteiger partial charge in [-0.05, 0) is 30.6 Å². The van der Waals surface area contributed by atoms with Gasteiger partial charge in [0.05, 0.1) is 6.54 Å². The summed E-state index contributed by atoms with van der Waals surface area (Å²) in [7, 11) is 0. The fraction of sp³-hybridized carbons (Fsp3) is 0.588. The van der Waals surface area contributed by atoms with Crippen molar-refractivity contribution < 1.29 is 0 Å². The van der Waals surface area contributed by atoms with Crippen LogP contribution in [0.5, 0.6) is 0 Å². The zero-order valence-electron chi connectivity index (χ0n) is 13.7. The molecule has 0 saturated carbocycles. The number of nitrogens with zero attached hydrogens (tertiary/aromatic N) is 2. The van der Waals surface area contributed by atoms with Crippen LogP contribution in [0.3, 0.4) is 0 Å². The van der Waals surface area contributed by atoms with Crippen molar-refractivity contribution in [2.75, 3.05) is 19.6 Å². The van der Waals surface area contributed by atoms with Gasteiger partial charge in [-0.25, -0.2) is 4.99 Å². The number of rotatable bonds is 9. The van der Waals surface area contributed by atoms with Gasteiger partial charge >= 0.3 is 0 Å². The van der Waals surface area contributed by atoms with Gasteiger partial charge in [-0.1, -0.05) is 51.5 Å². The molecule has 0 bridgehead atoms. The molecular formula is C17H30N4. The van der Waals surface area contributed by atoms with Crippen LogP contribution < -0.4 is 11.1 Å². The predicted octanol–water partition coefficient (Wildman–Crippen LogP) is 2.73. The van der Waals surface area contributed by atoms with Crippen molar-refractivity contribution in [2.45, 2.75) is 46.7 Å². The van der Waals surface area contributed by atoms with E-state index in [-0.39, 0.29) is 0 Å².